The molecule has 2 atom stereocenters. The summed E-state index contributed by atoms with van der Waals surface area (Å²) in [5.41, 5.74) is 0.228. The number of hydrogen-bond acceptors (Lipinski definition) is 2. The maximum atomic E-state index is 3.61. The molecule has 0 saturated carbocycles. The van der Waals surface area contributed by atoms with Gasteiger partial charge in [0.15, 0.2) is 0 Å². The van der Waals surface area contributed by atoms with Gasteiger partial charge in [0, 0.05) is 15.3 Å². The second-order valence-corrected chi connectivity index (χ2v) is 7.76. The molecule has 104 valence electrons. The zero-order valence-electron chi connectivity index (χ0n) is 12.8. The summed E-state index contributed by atoms with van der Waals surface area (Å²) in [5, 5.41) is 3.61. The van der Waals surface area contributed by atoms with Crippen LogP contribution in [-0.4, -0.2) is 12.1 Å². The van der Waals surface area contributed by atoms with Gasteiger partial charge in [-0.25, -0.2) is 0 Å². The van der Waals surface area contributed by atoms with Crippen LogP contribution in [0, 0.1) is 11.8 Å². The third-order valence-electron chi connectivity index (χ3n) is 3.51. The molecule has 0 aromatic carbocycles. The van der Waals surface area contributed by atoms with E-state index in [1.54, 1.807) is 4.88 Å². The van der Waals surface area contributed by atoms with Crippen LogP contribution in [0.1, 0.15) is 51.3 Å². The Morgan fingerprint density at radius 1 is 1.11 bits per heavy atom. The topological polar surface area (TPSA) is 12.0 Å². The van der Waals surface area contributed by atoms with E-state index >= 15 is 0 Å². The summed E-state index contributed by atoms with van der Waals surface area (Å²) in [6.07, 6.45) is 2.39. The average Bonchev–Trinajstić information content (AvgIpc) is 2.72. The smallest absolute Gasteiger partial charge is 0.00966 e. The van der Waals surface area contributed by atoms with E-state index in [1.165, 1.54) is 17.7 Å². The van der Waals surface area contributed by atoms with Crippen LogP contribution in [0.15, 0.2) is 12.1 Å². The van der Waals surface area contributed by atoms with E-state index in [9.17, 15) is 0 Å². The van der Waals surface area contributed by atoms with Crippen LogP contribution in [0.2, 0.25) is 0 Å². The first-order valence-corrected chi connectivity index (χ1v) is 7.96. The lowest BCUT2D eigenvalue weighted by Gasteiger charge is -2.26. The standard InChI is InChI=1S/C16H29NS/c1-7-14-8-9-15(18-14)10-12(2)13(3)11-17-16(4,5)6/h8-9,12-13,17H,7,10-11H2,1-6H3. The summed E-state index contributed by atoms with van der Waals surface area (Å²) in [7, 11) is 0. The highest BCUT2D eigenvalue weighted by Gasteiger charge is 2.16. The number of rotatable bonds is 6. The van der Waals surface area contributed by atoms with Crippen LogP contribution in [0.25, 0.3) is 0 Å². The van der Waals surface area contributed by atoms with Crippen LogP contribution in [0.4, 0.5) is 0 Å². The summed E-state index contributed by atoms with van der Waals surface area (Å²) in [5.74, 6) is 1.46. The van der Waals surface area contributed by atoms with Crippen molar-refractivity contribution in [3.63, 3.8) is 0 Å². The quantitative estimate of drug-likeness (QED) is 0.799. The van der Waals surface area contributed by atoms with E-state index in [0.29, 0.717) is 0 Å². The van der Waals surface area contributed by atoms with Crippen molar-refractivity contribution in [1.29, 1.82) is 0 Å². The van der Waals surface area contributed by atoms with Crippen molar-refractivity contribution in [2.45, 2.75) is 59.9 Å². The molecule has 0 aliphatic heterocycles. The SMILES string of the molecule is CCc1ccc(CC(C)C(C)CNC(C)(C)C)s1. The minimum Gasteiger partial charge on any atom is -0.312 e. The second-order valence-electron chi connectivity index (χ2n) is 6.51. The third-order valence-corrected chi connectivity index (χ3v) is 4.77. The molecule has 0 fully saturated rings. The average molecular weight is 267 g/mol. The predicted octanol–water partition coefficient (Wildman–Crippen LogP) is 4.51. The van der Waals surface area contributed by atoms with Crippen molar-refractivity contribution in [2.24, 2.45) is 11.8 Å². The van der Waals surface area contributed by atoms with Crippen LogP contribution < -0.4 is 5.32 Å². The van der Waals surface area contributed by atoms with Gasteiger partial charge < -0.3 is 5.32 Å². The molecule has 0 spiro atoms. The molecular weight excluding hydrogens is 238 g/mol. The minimum absolute atomic E-state index is 0.228. The van der Waals surface area contributed by atoms with Gasteiger partial charge in [-0.15, -0.1) is 11.3 Å². The van der Waals surface area contributed by atoms with Gasteiger partial charge in [0.05, 0.1) is 0 Å². The molecule has 0 bridgehead atoms. The molecule has 0 radical (unpaired) electrons. The molecule has 2 unspecified atom stereocenters. The zero-order valence-corrected chi connectivity index (χ0v) is 13.7. The van der Waals surface area contributed by atoms with Gasteiger partial charge in [-0.05, 0) is 64.1 Å². The van der Waals surface area contributed by atoms with Crippen LogP contribution in [0.3, 0.4) is 0 Å². The zero-order chi connectivity index (χ0) is 13.8. The van der Waals surface area contributed by atoms with Crippen LogP contribution >= 0.6 is 11.3 Å². The van der Waals surface area contributed by atoms with E-state index < -0.39 is 0 Å². The van der Waals surface area contributed by atoms with Gasteiger partial charge in [-0.1, -0.05) is 20.8 Å². The van der Waals surface area contributed by atoms with E-state index in [-0.39, 0.29) is 5.54 Å². The van der Waals surface area contributed by atoms with Gasteiger partial charge in [0.1, 0.15) is 0 Å². The molecule has 0 saturated heterocycles. The Labute approximate surface area is 117 Å². The molecule has 1 aromatic heterocycles. The Bertz CT molecular complexity index is 348. The molecule has 0 amide bonds. The lowest BCUT2D eigenvalue weighted by molar-refractivity contribution is 0.318. The van der Waals surface area contributed by atoms with Crippen molar-refractivity contribution in [1.82, 2.24) is 5.32 Å². The molecule has 0 aliphatic carbocycles. The summed E-state index contributed by atoms with van der Waals surface area (Å²) in [6, 6.07) is 4.59. The van der Waals surface area contributed by atoms with E-state index in [1.807, 2.05) is 11.3 Å². The lowest BCUT2D eigenvalue weighted by atomic mass is 9.91. The van der Waals surface area contributed by atoms with Crippen molar-refractivity contribution < 1.29 is 0 Å². The van der Waals surface area contributed by atoms with Crippen LogP contribution in [0.5, 0.6) is 0 Å². The Morgan fingerprint density at radius 2 is 1.72 bits per heavy atom. The van der Waals surface area contributed by atoms with Gasteiger partial charge in [-0.3, -0.25) is 0 Å². The molecule has 1 N–H and O–H groups in total. The van der Waals surface area contributed by atoms with Gasteiger partial charge >= 0.3 is 0 Å². The Morgan fingerprint density at radius 3 is 2.22 bits per heavy atom. The first kappa shape index (κ1) is 15.7. The number of hydrogen-bond donors (Lipinski definition) is 1. The fourth-order valence-electron chi connectivity index (χ4n) is 1.91. The fraction of sp³-hybridized carbons (Fsp3) is 0.750. The summed E-state index contributed by atoms with van der Waals surface area (Å²) in [4.78, 5) is 3.06. The highest BCUT2D eigenvalue weighted by Crippen LogP contribution is 2.23. The highest BCUT2D eigenvalue weighted by atomic mass is 32.1. The second kappa shape index (κ2) is 6.72. The normalized spacial score (nSPS) is 15.7. The number of nitrogens with one attached hydrogen (secondary N) is 1. The van der Waals surface area contributed by atoms with E-state index in [2.05, 4.69) is 59.0 Å². The van der Waals surface area contributed by atoms with Crippen molar-refractivity contribution >= 4 is 11.3 Å². The van der Waals surface area contributed by atoms with Gasteiger partial charge in [-0.2, -0.15) is 0 Å². The maximum Gasteiger partial charge on any atom is 0.00966 e. The molecule has 1 heterocycles. The van der Waals surface area contributed by atoms with Crippen molar-refractivity contribution in [3.8, 4) is 0 Å². The van der Waals surface area contributed by atoms with E-state index in [4.69, 9.17) is 0 Å². The molecular formula is C16H29NS. The van der Waals surface area contributed by atoms with Gasteiger partial charge in [0.2, 0.25) is 0 Å². The Kier molecular flexibility index (Phi) is 5.87. The molecule has 1 aromatic rings. The number of aryl methyl sites for hydroxylation is 1. The van der Waals surface area contributed by atoms with Gasteiger partial charge in [0.25, 0.3) is 0 Å². The summed E-state index contributed by atoms with van der Waals surface area (Å²) >= 11 is 1.98. The molecule has 0 aliphatic rings. The first-order valence-electron chi connectivity index (χ1n) is 7.14. The lowest BCUT2D eigenvalue weighted by Crippen LogP contribution is -2.40. The molecule has 1 rings (SSSR count). The van der Waals surface area contributed by atoms with Crippen LogP contribution in [-0.2, 0) is 12.8 Å². The monoisotopic (exact) mass is 267 g/mol. The predicted molar refractivity (Wildman–Crippen MR) is 83.5 cm³/mol. The summed E-state index contributed by atoms with van der Waals surface area (Å²) < 4.78 is 0. The third kappa shape index (κ3) is 5.53. The fourth-order valence-corrected chi connectivity index (χ4v) is 3.01. The van der Waals surface area contributed by atoms with E-state index in [0.717, 1.165) is 18.4 Å². The minimum atomic E-state index is 0.228. The first-order chi connectivity index (χ1) is 8.31. The molecule has 2 heteroatoms. The maximum absolute atomic E-state index is 3.61. The van der Waals surface area contributed by atoms with Crippen molar-refractivity contribution in [3.05, 3.63) is 21.9 Å². The molecule has 1 nitrogen and oxygen atoms in total. The highest BCUT2D eigenvalue weighted by molar-refractivity contribution is 7.11. The summed E-state index contributed by atoms with van der Waals surface area (Å²) in [6.45, 7) is 14.8. The Hall–Kier alpha value is -0.340. The Balaban J connectivity index is 2.41. The largest absolute Gasteiger partial charge is 0.312 e. The molecule has 18 heavy (non-hydrogen) atoms. The number of thiophene rings is 1. The van der Waals surface area contributed by atoms with Crippen molar-refractivity contribution in [2.75, 3.05) is 6.54 Å².